The number of carbonyl (C=O) groups is 3. The summed E-state index contributed by atoms with van der Waals surface area (Å²) in [5.74, 6) is -0.868. The lowest BCUT2D eigenvalue weighted by molar-refractivity contribution is -0.119. The second-order valence-electron chi connectivity index (χ2n) is 13.2. The van der Waals surface area contributed by atoms with Crippen LogP contribution in [0.5, 0.6) is 5.75 Å². The molecule has 0 spiro atoms. The van der Waals surface area contributed by atoms with Crippen molar-refractivity contribution in [1.82, 2.24) is 4.90 Å². The second kappa shape index (κ2) is 11.3. The normalized spacial score (nSPS) is 20.0. The van der Waals surface area contributed by atoms with Gasteiger partial charge >= 0.3 is 5.97 Å². The summed E-state index contributed by atoms with van der Waals surface area (Å²) in [4.78, 5) is 41.1. The van der Waals surface area contributed by atoms with Crippen LogP contribution < -0.4 is 4.74 Å². The number of rotatable bonds is 8. The Kier molecular flexibility index (Phi) is 8.12. The molecule has 0 unspecified atom stereocenters. The summed E-state index contributed by atoms with van der Waals surface area (Å²) in [5.41, 5.74) is 4.78. The number of hydrogen-bond donors (Lipinski definition) is 1. The molecule has 2 aromatic rings. The number of aromatic carboxylic acids is 1. The Morgan fingerprint density at radius 2 is 1.50 bits per heavy atom. The summed E-state index contributed by atoms with van der Waals surface area (Å²) in [6, 6.07) is 12.0. The van der Waals surface area contributed by atoms with Crippen molar-refractivity contribution >= 4 is 29.1 Å². The average molecular weight is 592 g/mol. The third-order valence-electron chi connectivity index (χ3n) is 8.43. The SMILES string of the molecule is COCCN1C2=C(C(=O)CC(C)(C)C2)C(c2ccc(OCc3ccc(C(=O)O)cc3)c(Cl)c2)C2=C1CC(C)(C)CC2=O. The number of allylic oxidation sites excluding steroid dienone is 4. The lowest BCUT2D eigenvalue weighted by atomic mass is 9.63. The van der Waals surface area contributed by atoms with E-state index in [1.165, 1.54) is 12.1 Å². The molecular weight excluding hydrogens is 554 g/mol. The fraction of sp³-hybridized carbons (Fsp3) is 0.441. The van der Waals surface area contributed by atoms with Crippen molar-refractivity contribution in [3.05, 3.63) is 86.7 Å². The first-order valence-electron chi connectivity index (χ1n) is 14.3. The Morgan fingerprint density at radius 3 is 2.00 bits per heavy atom. The number of ketones is 2. The fourth-order valence-electron chi connectivity index (χ4n) is 6.55. The van der Waals surface area contributed by atoms with Crippen LogP contribution in [-0.4, -0.2) is 47.8 Å². The van der Waals surface area contributed by atoms with E-state index in [1.807, 2.05) is 12.1 Å². The van der Waals surface area contributed by atoms with Gasteiger partial charge in [-0.25, -0.2) is 4.79 Å². The summed E-state index contributed by atoms with van der Waals surface area (Å²) in [5, 5.41) is 9.51. The molecule has 7 nitrogen and oxygen atoms in total. The summed E-state index contributed by atoms with van der Waals surface area (Å²) in [6.45, 7) is 9.76. The van der Waals surface area contributed by atoms with Crippen LogP contribution in [0.1, 0.15) is 80.8 Å². The maximum Gasteiger partial charge on any atom is 0.335 e. The van der Waals surface area contributed by atoms with Crippen LogP contribution in [0.15, 0.2) is 65.0 Å². The predicted molar refractivity (Wildman–Crippen MR) is 161 cm³/mol. The van der Waals surface area contributed by atoms with Gasteiger partial charge in [-0.15, -0.1) is 0 Å². The van der Waals surface area contributed by atoms with Crippen LogP contribution >= 0.6 is 11.6 Å². The fourth-order valence-corrected chi connectivity index (χ4v) is 6.80. The zero-order chi connectivity index (χ0) is 30.4. The Labute approximate surface area is 252 Å². The molecule has 1 N–H and O–H groups in total. The molecular formula is C34H38ClNO6. The van der Waals surface area contributed by atoms with Crippen LogP contribution in [0.2, 0.25) is 5.02 Å². The first kappa shape index (κ1) is 30.1. The van der Waals surface area contributed by atoms with Crippen LogP contribution in [0.3, 0.4) is 0 Å². The van der Waals surface area contributed by atoms with Gasteiger partial charge in [0.15, 0.2) is 11.6 Å². The molecule has 3 aliphatic rings. The summed E-state index contributed by atoms with van der Waals surface area (Å²) in [6.07, 6.45) is 2.29. The van der Waals surface area contributed by atoms with Crippen molar-refractivity contribution in [2.45, 2.75) is 65.9 Å². The van der Waals surface area contributed by atoms with Gasteiger partial charge in [0.1, 0.15) is 12.4 Å². The van der Waals surface area contributed by atoms with Crippen molar-refractivity contribution in [2.24, 2.45) is 10.8 Å². The number of carboxylic acids is 1. The van der Waals surface area contributed by atoms with Gasteiger partial charge < -0.3 is 19.5 Å². The molecule has 2 aromatic carbocycles. The van der Waals surface area contributed by atoms with Crippen molar-refractivity contribution in [3.8, 4) is 5.75 Å². The number of ether oxygens (including phenoxy) is 2. The van der Waals surface area contributed by atoms with Crippen LogP contribution in [0.25, 0.3) is 0 Å². The van der Waals surface area contributed by atoms with E-state index in [1.54, 1.807) is 25.3 Å². The van der Waals surface area contributed by atoms with Gasteiger partial charge in [-0.2, -0.15) is 0 Å². The van der Waals surface area contributed by atoms with E-state index in [0.717, 1.165) is 35.4 Å². The molecule has 0 saturated carbocycles. The van der Waals surface area contributed by atoms with Crippen LogP contribution in [0.4, 0.5) is 0 Å². The first-order chi connectivity index (χ1) is 19.8. The van der Waals surface area contributed by atoms with E-state index in [2.05, 4.69) is 32.6 Å². The van der Waals surface area contributed by atoms with Gasteiger partial charge in [0.2, 0.25) is 0 Å². The van der Waals surface area contributed by atoms with E-state index in [-0.39, 0.29) is 34.6 Å². The zero-order valence-electron chi connectivity index (χ0n) is 24.9. The quantitative estimate of drug-likeness (QED) is 0.355. The molecule has 5 rings (SSSR count). The molecule has 0 bridgehead atoms. The third kappa shape index (κ3) is 5.90. The highest BCUT2D eigenvalue weighted by atomic mass is 35.5. The second-order valence-corrected chi connectivity index (χ2v) is 13.6. The van der Waals surface area contributed by atoms with Crippen molar-refractivity contribution in [1.29, 1.82) is 0 Å². The molecule has 1 heterocycles. The van der Waals surface area contributed by atoms with E-state index in [4.69, 9.17) is 26.2 Å². The Hall–Kier alpha value is -3.42. The minimum absolute atomic E-state index is 0.0686. The molecule has 0 fully saturated rings. The number of nitrogens with zero attached hydrogens (tertiary/aromatic N) is 1. The summed E-state index contributed by atoms with van der Waals surface area (Å²) in [7, 11) is 1.67. The van der Waals surface area contributed by atoms with Crippen LogP contribution in [0, 0.1) is 10.8 Å². The third-order valence-corrected chi connectivity index (χ3v) is 8.72. The standard InChI is InChI=1S/C34H38ClNO6/c1-33(2)15-24-30(26(37)17-33)29(31-25(36(24)12-13-41-5)16-34(3,4)18-27(31)38)22-10-11-28(23(35)14-22)42-19-20-6-8-21(9-7-20)32(39)40/h6-11,14,29H,12-13,15-19H2,1-5H3,(H,39,40). The number of carbonyl (C=O) groups excluding carboxylic acids is 2. The molecule has 0 aromatic heterocycles. The number of methoxy groups -OCH3 is 1. The molecule has 222 valence electrons. The monoisotopic (exact) mass is 591 g/mol. The Bertz CT molecular complexity index is 1450. The highest BCUT2D eigenvalue weighted by molar-refractivity contribution is 6.32. The molecule has 0 radical (unpaired) electrons. The van der Waals surface area contributed by atoms with Gasteiger partial charge in [0, 0.05) is 55.0 Å². The summed E-state index contributed by atoms with van der Waals surface area (Å²) >= 11 is 6.76. The highest BCUT2D eigenvalue weighted by Crippen LogP contribution is 2.54. The van der Waals surface area contributed by atoms with Gasteiger partial charge in [-0.1, -0.05) is 57.5 Å². The molecule has 42 heavy (non-hydrogen) atoms. The summed E-state index contributed by atoms with van der Waals surface area (Å²) < 4.78 is 11.4. The lowest BCUT2D eigenvalue weighted by Crippen LogP contribution is -2.45. The minimum atomic E-state index is -0.984. The average Bonchev–Trinajstić information content (AvgIpc) is 2.89. The molecule has 8 heteroatoms. The zero-order valence-corrected chi connectivity index (χ0v) is 25.6. The number of benzene rings is 2. The van der Waals surface area contributed by atoms with Gasteiger partial charge in [0.05, 0.1) is 17.2 Å². The molecule has 0 atom stereocenters. The maximum absolute atomic E-state index is 13.9. The number of hydrogen-bond acceptors (Lipinski definition) is 6. The van der Waals surface area contributed by atoms with E-state index in [9.17, 15) is 14.4 Å². The highest BCUT2D eigenvalue weighted by Gasteiger charge is 2.48. The molecule has 1 aliphatic heterocycles. The molecule has 0 saturated heterocycles. The lowest BCUT2D eigenvalue weighted by Gasteiger charge is -2.49. The molecule has 0 amide bonds. The topological polar surface area (TPSA) is 93.1 Å². The van der Waals surface area contributed by atoms with Crippen molar-refractivity contribution in [3.63, 3.8) is 0 Å². The van der Waals surface area contributed by atoms with Crippen LogP contribution in [-0.2, 0) is 20.9 Å². The largest absolute Gasteiger partial charge is 0.487 e. The van der Waals surface area contributed by atoms with Gasteiger partial charge in [-0.05, 0) is 59.1 Å². The minimum Gasteiger partial charge on any atom is -0.487 e. The van der Waals surface area contributed by atoms with E-state index in [0.29, 0.717) is 47.9 Å². The van der Waals surface area contributed by atoms with E-state index >= 15 is 0 Å². The van der Waals surface area contributed by atoms with Gasteiger partial charge in [0.25, 0.3) is 0 Å². The maximum atomic E-state index is 13.9. The van der Waals surface area contributed by atoms with Crippen molar-refractivity contribution < 1.29 is 29.0 Å². The number of carboxylic acid groups (broad SMARTS) is 1. The number of Topliss-reactive ketones (excluding diaryl/α,β-unsaturated/α-hetero) is 2. The predicted octanol–water partition coefficient (Wildman–Crippen LogP) is 6.95. The van der Waals surface area contributed by atoms with E-state index < -0.39 is 11.9 Å². The molecule has 2 aliphatic carbocycles. The Balaban J connectivity index is 1.55. The van der Waals surface area contributed by atoms with Crippen molar-refractivity contribution in [2.75, 3.05) is 20.3 Å². The van der Waals surface area contributed by atoms with Gasteiger partial charge in [-0.3, -0.25) is 9.59 Å². The number of halogens is 1. The Morgan fingerprint density at radius 1 is 0.929 bits per heavy atom. The smallest absolute Gasteiger partial charge is 0.335 e. The first-order valence-corrected chi connectivity index (χ1v) is 14.7.